The molecule has 0 radical (unpaired) electrons. The van der Waals surface area contributed by atoms with Crippen molar-refractivity contribution in [3.05, 3.63) is 0 Å². The molecule has 4 nitrogen and oxygen atoms in total. The second kappa shape index (κ2) is 3.13. The van der Waals surface area contributed by atoms with E-state index in [4.69, 9.17) is 5.11 Å². The van der Waals surface area contributed by atoms with Gasteiger partial charge in [0.25, 0.3) is 0 Å². The number of hydrogen-bond donors (Lipinski definition) is 1. The van der Waals surface area contributed by atoms with Gasteiger partial charge in [0.15, 0.2) is 0 Å². The Hall–Kier alpha value is -1.06. The van der Waals surface area contributed by atoms with Crippen LogP contribution in [0.5, 0.6) is 0 Å². The first-order chi connectivity index (χ1) is 5.54. The number of amides is 2. The average Bonchev–Trinajstić information content (AvgIpc) is 2.30. The molecule has 0 aliphatic carbocycles. The number of carbonyl (C=O) groups is 2. The highest BCUT2D eigenvalue weighted by Gasteiger charge is 2.37. The van der Waals surface area contributed by atoms with Gasteiger partial charge in [-0.1, -0.05) is 13.8 Å². The minimum atomic E-state index is -1.11. The fourth-order valence-corrected chi connectivity index (χ4v) is 1.59. The molecule has 0 aromatic heterocycles. The molecule has 1 N–H and O–H groups in total. The van der Waals surface area contributed by atoms with Crippen LogP contribution in [0, 0.1) is 5.92 Å². The van der Waals surface area contributed by atoms with Gasteiger partial charge >= 0.3 is 6.09 Å². The maximum Gasteiger partial charge on any atom is 0.414 e. The third-order valence-corrected chi connectivity index (χ3v) is 2.23. The molecule has 1 aliphatic rings. The Kier molecular flexibility index (Phi) is 2.35. The molecule has 0 bridgehead atoms. The highest BCUT2D eigenvalue weighted by atomic mass is 16.4. The molecule has 68 valence electrons. The molecule has 2 amide bonds. The lowest BCUT2D eigenvalue weighted by Crippen LogP contribution is -2.40. The van der Waals surface area contributed by atoms with Gasteiger partial charge in [-0.2, -0.15) is 0 Å². The summed E-state index contributed by atoms with van der Waals surface area (Å²) in [4.78, 5) is 22.7. The molecule has 0 aromatic carbocycles. The number of likely N-dealkylation sites (tertiary alicyclic amines) is 1. The summed E-state index contributed by atoms with van der Waals surface area (Å²) in [7, 11) is 0. The van der Waals surface area contributed by atoms with Crippen LogP contribution in [-0.2, 0) is 4.79 Å². The highest BCUT2D eigenvalue weighted by molar-refractivity contribution is 5.93. The number of hydrogen-bond acceptors (Lipinski definition) is 2. The van der Waals surface area contributed by atoms with Gasteiger partial charge in [-0.05, 0) is 12.3 Å². The van der Waals surface area contributed by atoms with Gasteiger partial charge in [-0.15, -0.1) is 0 Å². The quantitative estimate of drug-likeness (QED) is 0.647. The van der Waals surface area contributed by atoms with E-state index in [1.165, 1.54) is 0 Å². The molecule has 0 spiro atoms. The van der Waals surface area contributed by atoms with Crippen LogP contribution < -0.4 is 0 Å². The zero-order valence-corrected chi connectivity index (χ0v) is 7.28. The summed E-state index contributed by atoms with van der Waals surface area (Å²) >= 11 is 0. The Morgan fingerprint density at radius 2 is 2.25 bits per heavy atom. The molecule has 0 unspecified atom stereocenters. The Bertz CT molecular complexity index is 212. The van der Waals surface area contributed by atoms with Crippen LogP contribution in [0.25, 0.3) is 0 Å². The lowest BCUT2D eigenvalue weighted by atomic mass is 10.0. The third-order valence-electron chi connectivity index (χ3n) is 2.23. The fourth-order valence-electron chi connectivity index (χ4n) is 1.59. The van der Waals surface area contributed by atoms with Gasteiger partial charge in [0.05, 0.1) is 0 Å². The van der Waals surface area contributed by atoms with Crippen molar-refractivity contribution in [2.45, 2.75) is 32.7 Å². The van der Waals surface area contributed by atoms with E-state index in [1.807, 2.05) is 13.8 Å². The zero-order valence-electron chi connectivity index (χ0n) is 7.28. The number of rotatable bonds is 1. The maximum atomic E-state index is 11.1. The number of carbonyl (C=O) groups excluding carboxylic acids is 1. The predicted molar refractivity (Wildman–Crippen MR) is 42.7 cm³/mol. The van der Waals surface area contributed by atoms with Crippen LogP contribution in [0.4, 0.5) is 4.79 Å². The summed E-state index contributed by atoms with van der Waals surface area (Å²) in [6, 6.07) is -0.116. The fraction of sp³-hybridized carbons (Fsp3) is 0.750. The third kappa shape index (κ3) is 1.42. The molecule has 1 atom stereocenters. The van der Waals surface area contributed by atoms with E-state index in [2.05, 4.69) is 0 Å². The van der Waals surface area contributed by atoms with Crippen molar-refractivity contribution in [2.75, 3.05) is 0 Å². The highest BCUT2D eigenvalue weighted by Crippen LogP contribution is 2.24. The smallest absolute Gasteiger partial charge is 0.414 e. The van der Waals surface area contributed by atoms with Gasteiger partial charge in [-0.25, -0.2) is 9.69 Å². The SMILES string of the molecule is CC(C)[C@@H]1CCC(=O)N1C(=O)O. The largest absolute Gasteiger partial charge is 0.465 e. The average molecular weight is 171 g/mol. The van der Waals surface area contributed by atoms with Crippen LogP contribution >= 0.6 is 0 Å². The molecule has 0 aromatic rings. The van der Waals surface area contributed by atoms with Crippen molar-refractivity contribution in [2.24, 2.45) is 5.92 Å². The molecule has 1 fully saturated rings. The van der Waals surface area contributed by atoms with Crippen molar-refractivity contribution < 1.29 is 14.7 Å². The molecule has 12 heavy (non-hydrogen) atoms. The lowest BCUT2D eigenvalue weighted by Gasteiger charge is -2.22. The first-order valence-electron chi connectivity index (χ1n) is 4.09. The van der Waals surface area contributed by atoms with Crippen LogP contribution in [0.1, 0.15) is 26.7 Å². The van der Waals surface area contributed by atoms with E-state index >= 15 is 0 Å². The molecule has 1 rings (SSSR count). The summed E-state index contributed by atoms with van der Waals surface area (Å²) < 4.78 is 0. The van der Waals surface area contributed by atoms with Crippen molar-refractivity contribution in [3.8, 4) is 0 Å². The number of nitrogens with zero attached hydrogens (tertiary/aromatic N) is 1. The predicted octanol–water partition coefficient (Wildman–Crippen LogP) is 1.31. The standard InChI is InChI=1S/C8H13NO3/c1-5(2)6-3-4-7(10)9(6)8(11)12/h5-6H,3-4H2,1-2H3,(H,11,12)/t6-/m0/s1. The van der Waals surface area contributed by atoms with Crippen molar-refractivity contribution in [3.63, 3.8) is 0 Å². The lowest BCUT2D eigenvalue weighted by molar-refractivity contribution is -0.127. The molecule has 1 heterocycles. The molecule has 1 saturated heterocycles. The minimum absolute atomic E-state index is 0.116. The second-order valence-electron chi connectivity index (χ2n) is 3.40. The van der Waals surface area contributed by atoms with Crippen molar-refractivity contribution in [1.29, 1.82) is 0 Å². The van der Waals surface area contributed by atoms with E-state index in [0.29, 0.717) is 12.8 Å². The van der Waals surface area contributed by atoms with Crippen molar-refractivity contribution in [1.82, 2.24) is 4.90 Å². The minimum Gasteiger partial charge on any atom is -0.465 e. The summed E-state index contributed by atoms with van der Waals surface area (Å²) in [6.45, 7) is 3.86. The van der Waals surface area contributed by atoms with E-state index in [9.17, 15) is 9.59 Å². The molecule has 4 heteroatoms. The maximum absolute atomic E-state index is 11.1. The molecular formula is C8H13NO3. The zero-order chi connectivity index (χ0) is 9.30. The Morgan fingerprint density at radius 1 is 1.67 bits per heavy atom. The van der Waals surface area contributed by atoms with Gasteiger partial charge in [0, 0.05) is 12.5 Å². The molecule has 0 saturated carbocycles. The summed E-state index contributed by atoms with van der Waals surface area (Å²) in [5.74, 6) is -0.0475. The summed E-state index contributed by atoms with van der Waals surface area (Å²) in [5, 5.41) is 8.71. The van der Waals surface area contributed by atoms with Crippen molar-refractivity contribution >= 4 is 12.0 Å². The van der Waals surface area contributed by atoms with E-state index in [0.717, 1.165) is 4.90 Å². The Morgan fingerprint density at radius 3 is 2.58 bits per heavy atom. The molecular weight excluding hydrogens is 158 g/mol. The van der Waals surface area contributed by atoms with E-state index in [-0.39, 0.29) is 17.9 Å². The van der Waals surface area contributed by atoms with E-state index < -0.39 is 6.09 Å². The van der Waals surface area contributed by atoms with Gasteiger partial charge < -0.3 is 5.11 Å². The van der Waals surface area contributed by atoms with Crippen LogP contribution in [-0.4, -0.2) is 28.0 Å². The monoisotopic (exact) mass is 171 g/mol. The van der Waals surface area contributed by atoms with Crippen LogP contribution in [0.15, 0.2) is 0 Å². The second-order valence-corrected chi connectivity index (χ2v) is 3.40. The van der Waals surface area contributed by atoms with Gasteiger partial charge in [0.2, 0.25) is 5.91 Å². The summed E-state index contributed by atoms with van der Waals surface area (Å²) in [6.07, 6.45) is -0.0750. The van der Waals surface area contributed by atoms with Gasteiger partial charge in [0.1, 0.15) is 0 Å². The van der Waals surface area contributed by atoms with Crippen LogP contribution in [0.2, 0.25) is 0 Å². The number of carboxylic acid groups (broad SMARTS) is 1. The normalized spacial score (nSPS) is 23.8. The Labute approximate surface area is 71.2 Å². The van der Waals surface area contributed by atoms with Gasteiger partial charge in [-0.3, -0.25) is 4.79 Å². The summed E-state index contributed by atoms with van der Waals surface area (Å²) in [5.41, 5.74) is 0. The molecule has 1 aliphatic heterocycles. The number of imide groups is 1. The first kappa shape index (κ1) is 9.03. The van der Waals surface area contributed by atoms with E-state index in [1.54, 1.807) is 0 Å². The first-order valence-corrected chi connectivity index (χ1v) is 4.09. The van der Waals surface area contributed by atoms with Crippen LogP contribution in [0.3, 0.4) is 0 Å². The topological polar surface area (TPSA) is 57.6 Å². The Balaban J connectivity index is 2.77.